The third kappa shape index (κ3) is 7.63. The number of thiazole rings is 1. The smallest absolute Gasteiger partial charge is 0.273 e. The maximum atomic E-state index is 13.4. The van der Waals surface area contributed by atoms with E-state index in [-0.39, 0.29) is 55.2 Å². The van der Waals surface area contributed by atoms with Gasteiger partial charge in [-0.15, -0.1) is 11.3 Å². The Morgan fingerprint density at radius 1 is 1.07 bits per heavy atom. The maximum Gasteiger partial charge on any atom is 0.273 e. The normalized spacial score (nSPS) is 18.2. The Labute approximate surface area is 263 Å². The summed E-state index contributed by atoms with van der Waals surface area (Å²) in [6, 6.07) is 8.32. The van der Waals surface area contributed by atoms with Crippen molar-refractivity contribution in [2.75, 3.05) is 19.6 Å². The molecule has 13 nitrogen and oxygen atoms in total. The van der Waals surface area contributed by atoms with E-state index in [0.29, 0.717) is 28.4 Å². The van der Waals surface area contributed by atoms with Crippen LogP contribution in [0.1, 0.15) is 80.4 Å². The minimum atomic E-state index is -0.691. The summed E-state index contributed by atoms with van der Waals surface area (Å²) in [4.78, 5) is 63.5. The van der Waals surface area contributed by atoms with Gasteiger partial charge in [0.1, 0.15) is 28.8 Å². The number of nitrogens with zero attached hydrogens (tertiary/aromatic N) is 4. The SMILES string of the molecule is Cc1noc(C)c1CC(=O)N1CCNC(=O)c2coc(n2)[C@H](Cc2ccccc2)NC(=O)c2csc(n2)[C@H](C(C)C)NC(=O)C1. The Kier molecular flexibility index (Phi) is 9.71. The largest absolute Gasteiger partial charge is 0.446 e. The second-order valence-electron chi connectivity index (χ2n) is 11.2. The molecule has 0 unspecified atom stereocenters. The molecule has 0 fully saturated rings. The molecule has 3 N–H and O–H groups in total. The number of carbonyl (C=O) groups excluding carboxylic acids is 4. The third-order valence-corrected chi connectivity index (χ3v) is 8.44. The number of aromatic nitrogens is 3. The summed E-state index contributed by atoms with van der Waals surface area (Å²) in [5, 5.41) is 14.8. The predicted octanol–water partition coefficient (Wildman–Crippen LogP) is 3.08. The maximum absolute atomic E-state index is 13.4. The molecule has 4 bridgehead atoms. The van der Waals surface area contributed by atoms with Gasteiger partial charge in [-0.2, -0.15) is 0 Å². The summed E-state index contributed by atoms with van der Waals surface area (Å²) < 4.78 is 10.9. The van der Waals surface area contributed by atoms with Gasteiger partial charge >= 0.3 is 0 Å². The molecule has 4 amide bonds. The van der Waals surface area contributed by atoms with Crippen LogP contribution < -0.4 is 16.0 Å². The van der Waals surface area contributed by atoms with Crippen molar-refractivity contribution in [3.8, 4) is 0 Å². The van der Waals surface area contributed by atoms with Crippen LogP contribution in [0.25, 0.3) is 0 Å². The number of amides is 4. The van der Waals surface area contributed by atoms with E-state index in [4.69, 9.17) is 8.94 Å². The van der Waals surface area contributed by atoms with Crippen molar-refractivity contribution in [3.05, 3.63) is 86.8 Å². The Morgan fingerprint density at radius 3 is 2.56 bits per heavy atom. The van der Waals surface area contributed by atoms with Gasteiger partial charge in [0.15, 0.2) is 5.69 Å². The van der Waals surface area contributed by atoms with Crippen LogP contribution in [0.3, 0.4) is 0 Å². The van der Waals surface area contributed by atoms with Gasteiger partial charge in [0.2, 0.25) is 17.7 Å². The second-order valence-corrected chi connectivity index (χ2v) is 12.1. The number of carbonyl (C=O) groups is 4. The fourth-order valence-electron chi connectivity index (χ4n) is 4.98. The van der Waals surface area contributed by atoms with Gasteiger partial charge in [-0.1, -0.05) is 49.3 Å². The molecule has 0 aliphatic carbocycles. The molecule has 236 valence electrons. The molecular formula is C31H35N7O6S. The standard InChI is InChI=1S/C31H35N7O6S/c1-17(2)27-31-35-24(16-45-31)29(42)33-22(12-20-8-6-5-7-9-20)30-34-23(15-43-30)28(41)32-10-11-38(14-25(39)36-27)26(40)13-21-18(3)37-44-19(21)4/h5-9,15-17,22,27H,10-14H2,1-4H3,(H,32,41)(H,33,42)(H,36,39)/t22-,27-/m0/s1. The van der Waals surface area contributed by atoms with Crippen LogP contribution in [0.2, 0.25) is 0 Å². The summed E-state index contributed by atoms with van der Waals surface area (Å²) in [5.41, 5.74) is 2.36. The Morgan fingerprint density at radius 2 is 1.84 bits per heavy atom. The van der Waals surface area contributed by atoms with E-state index in [2.05, 4.69) is 31.1 Å². The summed E-state index contributed by atoms with van der Waals surface area (Å²) >= 11 is 1.26. The zero-order valence-electron chi connectivity index (χ0n) is 25.5. The third-order valence-electron chi connectivity index (χ3n) is 7.51. The number of oxazole rings is 1. The van der Waals surface area contributed by atoms with Crippen LogP contribution in [0, 0.1) is 19.8 Å². The monoisotopic (exact) mass is 633 g/mol. The molecule has 0 radical (unpaired) electrons. The molecule has 4 heterocycles. The number of benzene rings is 1. The molecular weight excluding hydrogens is 598 g/mol. The zero-order chi connectivity index (χ0) is 32.1. The van der Waals surface area contributed by atoms with Gasteiger partial charge in [-0.05, 0) is 25.3 Å². The zero-order valence-corrected chi connectivity index (χ0v) is 26.3. The molecule has 2 atom stereocenters. The minimum absolute atomic E-state index is 0.0143. The molecule has 1 aromatic carbocycles. The molecule has 45 heavy (non-hydrogen) atoms. The highest BCUT2D eigenvalue weighted by Gasteiger charge is 2.28. The first-order valence-electron chi connectivity index (χ1n) is 14.6. The molecule has 0 spiro atoms. The van der Waals surface area contributed by atoms with Gasteiger partial charge < -0.3 is 29.8 Å². The average Bonchev–Trinajstić information content (AvgIpc) is 3.77. The topological polar surface area (TPSA) is 173 Å². The Balaban J connectivity index is 1.45. The van der Waals surface area contributed by atoms with E-state index in [1.165, 1.54) is 22.5 Å². The summed E-state index contributed by atoms with van der Waals surface area (Å²) in [6.45, 7) is 7.20. The van der Waals surface area contributed by atoms with Crippen LogP contribution in [0.5, 0.6) is 0 Å². The fourth-order valence-corrected chi connectivity index (χ4v) is 6.00. The van der Waals surface area contributed by atoms with Crippen molar-refractivity contribution in [3.63, 3.8) is 0 Å². The molecule has 1 aliphatic rings. The predicted molar refractivity (Wildman–Crippen MR) is 163 cm³/mol. The molecule has 5 rings (SSSR count). The van der Waals surface area contributed by atoms with Gasteiger partial charge in [0.05, 0.1) is 24.7 Å². The second kappa shape index (κ2) is 13.8. The van der Waals surface area contributed by atoms with Gasteiger partial charge in [0.25, 0.3) is 11.8 Å². The lowest BCUT2D eigenvalue weighted by Crippen LogP contribution is -2.46. The number of hydrogen-bond acceptors (Lipinski definition) is 10. The molecule has 0 saturated heterocycles. The van der Waals surface area contributed by atoms with Crippen LogP contribution in [-0.4, -0.2) is 63.3 Å². The average molecular weight is 634 g/mol. The van der Waals surface area contributed by atoms with Crippen molar-refractivity contribution in [1.82, 2.24) is 36.0 Å². The van der Waals surface area contributed by atoms with E-state index in [0.717, 1.165) is 5.56 Å². The van der Waals surface area contributed by atoms with Crippen molar-refractivity contribution in [2.24, 2.45) is 5.92 Å². The van der Waals surface area contributed by atoms with E-state index in [1.54, 1.807) is 19.2 Å². The minimum Gasteiger partial charge on any atom is -0.446 e. The van der Waals surface area contributed by atoms with Gasteiger partial charge in [0, 0.05) is 30.5 Å². The van der Waals surface area contributed by atoms with Crippen molar-refractivity contribution in [1.29, 1.82) is 0 Å². The molecule has 4 aromatic rings. The van der Waals surface area contributed by atoms with Crippen LogP contribution >= 0.6 is 11.3 Å². The molecule has 3 aromatic heterocycles. The first-order chi connectivity index (χ1) is 21.6. The highest BCUT2D eigenvalue weighted by molar-refractivity contribution is 7.09. The molecule has 14 heteroatoms. The van der Waals surface area contributed by atoms with Crippen LogP contribution in [0.15, 0.2) is 50.9 Å². The van der Waals surface area contributed by atoms with E-state index in [9.17, 15) is 19.2 Å². The number of aryl methyl sites for hydroxylation is 2. The first kappa shape index (κ1) is 31.6. The molecule has 1 aliphatic heterocycles. The lowest BCUT2D eigenvalue weighted by Gasteiger charge is -2.25. The van der Waals surface area contributed by atoms with E-state index < -0.39 is 29.8 Å². The summed E-state index contributed by atoms with van der Waals surface area (Å²) in [6.07, 6.45) is 1.57. The Bertz CT molecular complexity index is 1660. The lowest BCUT2D eigenvalue weighted by molar-refractivity contribution is -0.135. The number of rotatable bonds is 5. The van der Waals surface area contributed by atoms with E-state index >= 15 is 0 Å². The van der Waals surface area contributed by atoms with Gasteiger partial charge in [-0.25, -0.2) is 9.97 Å². The Hall–Kier alpha value is -4.85. The van der Waals surface area contributed by atoms with Crippen LogP contribution in [0.4, 0.5) is 0 Å². The summed E-state index contributed by atoms with van der Waals surface area (Å²) in [7, 11) is 0. The highest BCUT2D eigenvalue weighted by Crippen LogP contribution is 2.26. The summed E-state index contributed by atoms with van der Waals surface area (Å²) in [5.74, 6) is -1.09. The quantitative estimate of drug-likeness (QED) is 0.299. The number of nitrogens with one attached hydrogen (secondary N) is 3. The van der Waals surface area contributed by atoms with Crippen molar-refractivity contribution < 1.29 is 28.1 Å². The van der Waals surface area contributed by atoms with Gasteiger partial charge in [-0.3, -0.25) is 19.2 Å². The van der Waals surface area contributed by atoms with Crippen LogP contribution in [-0.2, 0) is 22.4 Å². The highest BCUT2D eigenvalue weighted by atomic mass is 32.1. The van der Waals surface area contributed by atoms with Crippen molar-refractivity contribution >= 4 is 35.0 Å². The lowest BCUT2D eigenvalue weighted by atomic mass is 10.0. The first-order valence-corrected chi connectivity index (χ1v) is 15.5. The fraction of sp³-hybridized carbons (Fsp3) is 0.387. The molecule has 0 saturated carbocycles. The van der Waals surface area contributed by atoms with Crippen molar-refractivity contribution in [2.45, 2.75) is 52.6 Å². The number of fused-ring (bicyclic) bond motifs is 4. The van der Waals surface area contributed by atoms with E-state index in [1.807, 2.05) is 44.2 Å². The number of hydrogen-bond donors (Lipinski definition) is 3.